The van der Waals surface area contributed by atoms with Crippen molar-refractivity contribution < 1.29 is 74.8 Å². The summed E-state index contributed by atoms with van der Waals surface area (Å²) in [5.41, 5.74) is 4.86. The number of halogens is 2. The molecule has 0 spiro atoms. The molecule has 1 aliphatic carbocycles. The molecule has 7 nitrogen and oxygen atoms in total. The third kappa shape index (κ3) is 6.66. The first-order valence-corrected chi connectivity index (χ1v) is 12.4. The van der Waals surface area contributed by atoms with Gasteiger partial charge in [0.05, 0.1) is 5.69 Å². The Hall–Kier alpha value is -2.24. The first-order valence-electron chi connectivity index (χ1n) is 12.4. The summed E-state index contributed by atoms with van der Waals surface area (Å²) >= 11 is 0. The number of nitrogens with zero attached hydrogens (tertiary/aromatic N) is 4. The molecule has 0 atom stereocenters. The first kappa shape index (κ1) is 28.8. The number of alkyl halides is 2. The number of aliphatic carboxylic acids is 1. The molecule has 192 valence electrons. The summed E-state index contributed by atoms with van der Waals surface area (Å²) in [6.45, 7) is -0.993. The van der Waals surface area contributed by atoms with Crippen molar-refractivity contribution in [2.75, 3.05) is 0 Å². The fourth-order valence-corrected chi connectivity index (χ4v) is 5.11. The molecule has 1 saturated carbocycles. The van der Waals surface area contributed by atoms with Crippen LogP contribution < -0.4 is 61.2 Å². The van der Waals surface area contributed by atoms with Crippen molar-refractivity contribution in [2.24, 2.45) is 11.8 Å². The molecule has 0 aliphatic heterocycles. The van der Waals surface area contributed by atoms with Crippen LogP contribution in [-0.2, 0) is 17.6 Å². The summed E-state index contributed by atoms with van der Waals surface area (Å²) < 4.78 is 32.4. The summed E-state index contributed by atoms with van der Waals surface area (Å²) in [5, 5.41) is 11.1. The van der Waals surface area contributed by atoms with E-state index in [1.165, 1.54) is 0 Å². The zero-order chi connectivity index (χ0) is 25.9. The molecule has 10 heteroatoms. The van der Waals surface area contributed by atoms with E-state index in [0.717, 1.165) is 53.2 Å². The van der Waals surface area contributed by atoms with Gasteiger partial charge < -0.3 is 19.0 Å². The van der Waals surface area contributed by atoms with Gasteiger partial charge in [0.15, 0.2) is 0 Å². The number of benzene rings is 1. The van der Waals surface area contributed by atoms with E-state index in [9.17, 15) is 18.7 Å². The number of aryl methyl sites for hydroxylation is 1. The molecule has 1 aliphatic rings. The van der Waals surface area contributed by atoms with E-state index >= 15 is 0 Å². The Bertz CT molecular complexity index is 1400. The Morgan fingerprint density at radius 1 is 1.08 bits per heavy atom. The zero-order valence-corrected chi connectivity index (χ0v) is 24.6. The number of carboxylic acid groups (broad SMARTS) is 1. The van der Waals surface area contributed by atoms with Crippen LogP contribution in [0.25, 0.3) is 16.8 Å². The standard InChI is InChI=1S/C28H28F2N4O3.K/c1-17-23(13-20-4-2-3-5-24(20)37-28(29)30)34-16-21(10-11-26(34)33-17)22-14-31-25(32-15-22)12-18-6-8-19(9-7-18)27(35)36;/h2-5,10-11,14-16,18-19,28H,6-9,12-13H2,1H3,(H,35,36);/q;+1/p-1. The van der Waals surface area contributed by atoms with Gasteiger partial charge in [-0.1, -0.05) is 18.2 Å². The summed E-state index contributed by atoms with van der Waals surface area (Å²) in [6.07, 6.45) is 9.65. The molecule has 0 unspecified atom stereocenters. The summed E-state index contributed by atoms with van der Waals surface area (Å²) in [4.78, 5) is 24.8. The maximum absolute atomic E-state index is 12.9. The molecule has 3 aromatic heterocycles. The Kier molecular flexibility index (Phi) is 9.64. The molecule has 0 N–H and O–H groups in total. The van der Waals surface area contributed by atoms with Crippen LogP contribution in [0.3, 0.4) is 0 Å². The molecular formula is C28H27F2KN4O3. The summed E-state index contributed by atoms with van der Waals surface area (Å²) in [5.74, 6) is -0.00251. The number of hydrogen-bond donors (Lipinski definition) is 0. The number of rotatable bonds is 8. The predicted molar refractivity (Wildman–Crippen MR) is 131 cm³/mol. The van der Waals surface area contributed by atoms with E-state index in [-0.39, 0.29) is 63.1 Å². The Balaban J connectivity index is 0.00000336. The number of imidazole rings is 1. The number of ether oxygens (including phenoxy) is 1. The zero-order valence-electron chi connectivity index (χ0n) is 21.4. The predicted octanol–water partition coefficient (Wildman–Crippen LogP) is 1.39. The molecule has 0 bridgehead atoms. The van der Waals surface area contributed by atoms with Crippen molar-refractivity contribution in [1.82, 2.24) is 19.4 Å². The molecule has 5 rings (SSSR count). The van der Waals surface area contributed by atoms with Crippen molar-refractivity contribution in [1.29, 1.82) is 0 Å². The minimum Gasteiger partial charge on any atom is -0.550 e. The van der Waals surface area contributed by atoms with Gasteiger partial charge in [-0.2, -0.15) is 8.78 Å². The molecule has 0 saturated heterocycles. The van der Waals surface area contributed by atoms with Crippen molar-refractivity contribution in [2.45, 2.75) is 52.1 Å². The third-order valence-electron chi connectivity index (χ3n) is 7.15. The molecule has 0 amide bonds. The van der Waals surface area contributed by atoms with Crippen LogP contribution in [0, 0.1) is 18.8 Å². The molecule has 1 aromatic carbocycles. The second-order valence-electron chi connectivity index (χ2n) is 9.58. The molecule has 4 aromatic rings. The number of para-hydroxylation sites is 1. The van der Waals surface area contributed by atoms with Crippen molar-refractivity contribution in [3.63, 3.8) is 0 Å². The topological polar surface area (TPSA) is 92.4 Å². The van der Waals surface area contributed by atoms with E-state index < -0.39 is 12.6 Å². The number of fused-ring (bicyclic) bond motifs is 1. The maximum Gasteiger partial charge on any atom is 1.00 e. The molecular weight excluding hydrogens is 517 g/mol. The van der Waals surface area contributed by atoms with Crippen LogP contribution in [0.4, 0.5) is 8.78 Å². The van der Waals surface area contributed by atoms with Crippen molar-refractivity contribution in [3.8, 4) is 16.9 Å². The van der Waals surface area contributed by atoms with Gasteiger partial charge in [-0.05, 0) is 62.6 Å². The van der Waals surface area contributed by atoms with E-state index in [2.05, 4.69) is 15.0 Å². The van der Waals surface area contributed by atoms with Gasteiger partial charge in [0.1, 0.15) is 17.2 Å². The molecule has 38 heavy (non-hydrogen) atoms. The number of carbonyl (C=O) groups is 1. The number of aromatic nitrogens is 4. The second-order valence-corrected chi connectivity index (χ2v) is 9.58. The fraction of sp³-hybridized carbons (Fsp3) is 0.357. The van der Waals surface area contributed by atoms with E-state index in [4.69, 9.17) is 4.74 Å². The van der Waals surface area contributed by atoms with Gasteiger partial charge in [-0.15, -0.1) is 0 Å². The largest absolute Gasteiger partial charge is 1.00 e. The SMILES string of the molecule is Cc1nc2ccc(-c3cnc(CC4CCC(C(=O)[O-])CC4)nc3)cn2c1Cc1ccccc1OC(F)F.[K+]. The van der Waals surface area contributed by atoms with Gasteiger partial charge in [-0.3, -0.25) is 0 Å². The average molecular weight is 545 g/mol. The van der Waals surface area contributed by atoms with Gasteiger partial charge in [0, 0.05) is 59.8 Å². The van der Waals surface area contributed by atoms with Gasteiger partial charge in [0.25, 0.3) is 0 Å². The van der Waals surface area contributed by atoms with E-state index in [1.807, 2.05) is 29.7 Å². The Morgan fingerprint density at radius 2 is 1.79 bits per heavy atom. The Labute approximate surface area is 262 Å². The summed E-state index contributed by atoms with van der Waals surface area (Å²) in [7, 11) is 0. The monoisotopic (exact) mass is 544 g/mol. The average Bonchev–Trinajstić information content (AvgIpc) is 3.20. The smallest absolute Gasteiger partial charge is 0.550 e. The quantitative estimate of drug-likeness (QED) is 0.312. The molecule has 3 heterocycles. The maximum atomic E-state index is 12.9. The van der Waals surface area contributed by atoms with Crippen LogP contribution in [0.2, 0.25) is 0 Å². The van der Waals surface area contributed by atoms with Crippen LogP contribution in [0.5, 0.6) is 5.75 Å². The normalized spacial score (nSPS) is 17.4. The minimum absolute atomic E-state index is 0. The van der Waals surface area contributed by atoms with Crippen LogP contribution in [-0.4, -0.2) is 31.9 Å². The van der Waals surface area contributed by atoms with Crippen LogP contribution >= 0.6 is 0 Å². The number of carboxylic acids is 1. The fourth-order valence-electron chi connectivity index (χ4n) is 5.11. The van der Waals surface area contributed by atoms with Gasteiger partial charge in [-0.25, -0.2) is 15.0 Å². The Morgan fingerprint density at radius 3 is 2.47 bits per heavy atom. The third-order valence-corrected chi connectivity index (χ3v) is 7.15. The van der Waals surface area contributed by atoms with Crippen LogP contribution in [0.1, 0.15) is 48.5 Å². The van der Waals surface area contributed by atoms with E-state index in [0.29, 0.717) is 30.7 Å². The number of carbonyl (C=O) groups excluding carboxylic acids is 1. The second kappa shape index (κ2) is 12.7. The van der Waals surface area contributed by atoms with E-state index in [1.54, 1.807) is 36.7 Å². The van der Waals surface area contributed by atoms with Crippen molar-refractivity contribution >= 4 is 11.6 Å². The summed E-state index contributed by atoms with van der Waals surface area (Å²) in [6, 6.07) is 10.7. The molecule has 1 fully saturated rings. The number of pyridine rings is 1. The van der Waals surface area contributed by atoms with Gasteiger partial charge >= 0.3 is 58.0 Å². The van der Waals surface area contributed by atoms with Gasteiger partial charge in [0.2, 0.25) is 0 Å². The van der Waals surface area contributed by atoms with Crippen LogP contribution in [0.15, 0.2) is 55.0 Å². The first-order chi connectivity index (χ1) is 17.9. The minimum atomic E-state index is -2.89. The number of hydrogen-bond acceptors (Lipinski definition) is 6. The van der Waals surface area contributed by atoms with Crippen molar-refractivity contribution in [3.05, 3.63) is 77.8 Å². The molecule has 0 radical (unpaired) electrons.